The van der Waals surface area contributed by atoms with Crippen molar-refractivity contribution in [3.05, 3.63) is 39.4 Å². The summed E-state index contributed by atoms with van der Waals surface area (Å²) in [7, 11) is 0. The molecular weight excluding hydrogens is 254 g/mol. The van der Waals surface area contributed by atoms with Gasteiger partial charge < -0.3 is 9.47 Å². The number of carbonyl (C=O) groups is 2. The Labute approximate surface area is 108 Å². The van der Waals surface area contributed by atoms with Crippen LogP contribution >= 0.6 is 0 Å². The third kappa shape index (κ3) is 2.70. The monoisotopic (exact) mass is 265 g/mol. The van der Waals surface area contributed by atoms with Crippen LogP contribution < -0.4 is 0 Å². The van der Waals surface area contributed by atoms with Crippen LogP contribution in [0.2, 0.25) is 0 Å². The van der Waals surface area contributed by atoms with Gasteiger partial charge >= 0.3 is 11.9 Å². The van der Waals surface area contributed by atoms with Crippen LogP contribution in [-0.2, 0) is 14.3 Å². The van der Waals surface area contributed by atoms with E-state index in [1.165, 1.54) is 25.1 Å². The molecular formula is C12H11NO6. The Morgan fingerprint density at radius 2 is 2.26 bits per heavy atom. The van der Waals surface area contributed by atoms with Crippen LogP contribution in [0.15, 0.2) is 18.2 Å². The zero-order chi connectivity index (χ0) is 14.0. The average molecular weight is 265 g/mol. The van der Waals surface area contributed by atoms with Gasteiger partial charge in [0.15, 0.2) is 0 Å². The molecule has 7 nitrogen and oxygen atoms in total. The van der Waals surface area contributed by atoms with E-state index in [4.69, 9.17) is 4.74 Å². The minimum Gasteiger partial charge on any atom is -0.463 e. The third-order valence-corrected chi connectivity index (χ3v) is 2.77. The molecule has 1 fully saturated rings. The summed E-state index contributed by atoms with van der Waals surface area (Å²) in [5.41, 5.74) is 0.452. The van der Waals surface area contributed by atoms with E-state index in [-0.39, 0.29) is 17.9 Å². The van der Waals surface area contributed by atoms with Gasteiger partial charge in [0.25, 0.3) is 5.69 Å². The van der Waals surface area contributed by atoms with Crippen molar-refractivity contribution in [2.45, 2.75) is 19.4 Å². The van der Waals surface area contributed by atoms with E-state index in [1.54, 1.807) is 0 Å². The lowest BCUT2D eigenvalue weighted by atomic mass is 10.1. The molecule has 1 unspecified atom stereocenters. The molecule has 1 aromatic carbocycles. The number of benzene rings is 1. The Morgan fingerprint density at radius 3 is 2.79 bits per heavy atom. The summed E-state index contributed by atoms with van der Waals surface area (Å²) in [6, 6.07) is 3.90. The van der Waals surface area contributed by atoms with Gasteiger partial charge in [0.2, 0.25) is 6.10 Å². The summed E-state index contributed by atoms with van der Waals surface area (Å²) in [4.78, 5) is 33.1. The van der Waals surface area contributed by atoms with Crippen molar-refractivity contribution in [1.29, 1.82) is 0 Å². The lowest BCUT2D eigenvalue weighted by Crippen LogP contribution is -2.22. The molecule has 2 rings (SSSR count). The number of rotatable bonds is 3. The molecule has 1 aromatic rings. The number of aryl methyl sites for hydroxylation is 1. The van der Waals surface area contributed by atoms with Crippen LogP contribution in [0.5, 0.6) is 0 Å². The highest BCUT2D eigenvalue weighted by Crippen LogP contribution is 2.20. The predicted molar refractivity (Wildman–Crippen MR) is 62.6 cm³/mol. The normalized spacial score (nSPS) is 17.9. The molecule has 0 bridgehead atoms. The Balaban J connectivity index is 2.13. The van der Waals surface area contributed by atoms with Gasteiger partial charge in [0.1, 0.15) is 0 Å². The van der Waals surface area contributed by atoms with Gasteiger partial charge in [-0.2, -0.15) is 0 Å². The van der Waals surface area contributed by atoms with Gasteiger partial charge in [-0.3, -0.25) is 10.1 Å². The fraction of sp³-hybridized carbons (Fsp3) is 0.333. The summed E-state index contributed by atoms with van der Waals surface area (Å²) < 4.78 is 9.65. The maximum absolute atomic E-state index is 11.8. The van der Waals surface area contributed by atoms with Gasteiger partial charge in [-0.25, -0.2) is 9.59 Å². The van der Waals surface area contributed by atoms with Crippen LogP contribution in [0.4, 0.5) is 5.69 Å². The first-order chi connectivity index (χ1) is 8.99. The largest absolute Gasteiger partial charge is 0.463 e. The number of nitro benzene ring substituents is 1. The maximum Gasteiger partial charge on any atom is 0.347 e. The molecule has 1 aliphatic rings. The number of nitro groups is 1. The lowest BCUT2D eigenvalue weighted by molar-refractivity contribution is -0.385. The molecule has 0 radical (unpaired) electrons. The molecule has 19 heavy (non-hydrogen) atoms. The van der Waals surface area contributed by atoms with Crippen molar-refractivity contribution >= 4 is 17.6 Å². The summed E-state index contributed by atoms with van der Waals surface area (Å²) in [5, 5.41) is 10.7. The zero-order valence-corrected chi connectivity index (χ0v) is 10.1. The van der Waals surface area contributed by atoms with E-state index in [0.29, 0.717) is 12.0 Å². The topological polar surface area (TPSA) is 95.7 Å². The highest BCUT2D eigenvalue weighted by Gasteiger charge is 2.30. The maximum atomic E-state index is 11.8. The van der Waals surface area contributed by atoms with Gasteiger partial charge in [0.05, 0.1) is 17.1 Å². The fourth-order valence-corrected chi connectivity index (χ4v) is 1.77. The van der Waals surface area contributed by atoms with Gasteiger partial charge in [-0.1, -0.05) is 0 Å². The number of esters is 2. The highest BCUT2D eigenvalue weighted by molar-refractivity contribution is 5.92. The Kier molecular flexibility index (Phi) is 3.46. The Bertz CT molecular complexity index is 553. The van der Waals surface area contributed by atoms with Crippen LogP contribution in [0.25, 0.3) is 0 Å². The van der Waals surface area contributed by atoms with Crippen LogP contribution in [-0.4, -0.2) is 29.6 Å². The first-order valence-corrected chi connectivity index (χ1v) is 5.61. The van der Waals surface area contributed by atoms with Crippen molar-refractivity contribution in [3.8, 4) is 0 Å². The molecule has 0 aliphatic carbocycles. The van der Waals surface area contributed by atoms with Gasteiger partial charge in [-0.05, 0) is 19.1 Å². The van der Waals surface area contributed by atoms with E-state index in [9.17, 15) is 19.7 Å². The summed E-state index contributed by atoms with van der Waals surface area (Å²) >= 11 is 0. The molecule has 1 saturated heterocycles. The number of cyclic esters (lactones) is 1. The second-order valence-corrected chi connectivity index (χ2v) is 4.11. The van der Waals surface area contributed by atoms with Crippen molar-refractivity contribution in [1.82, 2.24) is 0 Å². The highest BCUT2D eigenvalue weighted by atomic mass is 16.6. The molecule has 0 aromatic heterocycles. The van der Waals surface area contributed by atoms with E-state index >= 15 is 0 Å². The number of hydrogen-bond acceptors (Lipinski definition) is 6. The van der Waals surface area contributed by atoms with Crippen LogP contribution in [0.3, 0.4) is 0 Å². The zero-order valence-electron chi connectivity index (χ0n) is 10.1. The standard InChI is InChI=1S/C12H11NO6/c1-7-6-8(2-3-9(7)13(16)17)11(14)19-10-4-5-18-12(10)15/h2-3,6,10H,4-5H2,1H3. The third-order valence-electron chi connectivity index (χ3n) is 2.77. The van der Waals surface area contributed by atoms with E-state index < -0.39 is 23.0 Å². The molecule has 1 heterocycles. The van der Waals surface area contributed by atoms with Crippen LogP contribution in [0.1, 0.15) is 22.3 Å². The average Bonchev–Trinajstić information content (AvgIpc) is 2.74. The summed E-state index contributed by atoms with van der Waals surface area (Å²) in [5.74, 6) is -1.26. The molecule has 0 N–H and O–H groups in total. The van der Waals surface area contributed by atoms with Gasteiger partial charge in [0, 0.05) is 18.1 Å². The number of carbonyl (C=O) groups excluding carboxylic acids is 2. The number of nitrogens with zero attached hydrogens (tertiary/aromatic N) is 1. The molecule has 1 aliphatic heterocycles. The number of ether oxygens (including phenoxy) is 2. The van der Waals surface area contributed by atoms with Gasteiger partial charge in [-0.15, -0.1) is 0 Å². The van der Waals surface area contributed by atoms with Crippen LogP contribution in [0, 0.1) is 17.0 Å². The first kappa shape index (κ1) is 13.0. The van der Waals surface area contributed by atoms with Crippen molar-refractivity contribution in [3.63, 3.8) is 0 Å². The molecule has 1 atom stereocenters. The second kappa shape index (κ2) is 5.05. The summed E-state index contributed by atoms with van der Waals surface area (Å²) in [6.45, 7) is 1.76. The summed E-state index contributed by atoms with van der Waals surface area (Å²) in [6.07, 6.45) is -0.556. The van der Waals surface area contributed by atoms with Crippen molar-refractivity contribution in [2.24, 2.45) is 0 Å². The minimum atomic E-state index is -0.886. The smallest absolute Gasteiger partial charge is 0.347 e. The Morgan fingerprint density at radius 1 is 1.53 bits per heavy atom. The van der Waals surface area contributed by atoms with E-state index in [0.717, 1.165) is 0 Å². The van der Waals surface area contributed by atoms with Crippen molar-refractivity contribution in [2.75, 3.05) is 6.61 Å². The second-order valence-electron chi connectivity index (χ2n) is 4.11. The SMILES string of the molecule is Cc1cc(C(=O)OC2CCOC2=O)ccc1[N+](=O)[O-]. The van der Waals surface area contributed by atoms with E-state index in [2.05, 4.69) is 4.74 Å². The predicted octanol–water partition coefficient (Wildman–Crippen LogP) is 1.38. The lowest BCUT2D eigenvalue weighted by Gasteiger charge is -2.08. The Hall–Kier alpha value is -2.44. The fourth-order valence-electron chi connectivity index (χ4n) is 1.77. The van der Waals surface area contributed by atoms with Crippen molar-refractivity contribution < 1.29 is 24.0 Å². The number of hydrogen-bond donors (Lipinski definition) is 0. The van der Waals surface area contributed by atoms with E-state index in [1.807, 2.05) is 0 Å². The molecule has 0 amide bonds. The molecule has 0 saturated carbocycles. The molecule has 0 spiro atoms. The molecule has 100 valence electrons. The minimum absolute atomic E-state index is 0.0724. The first-order valence-electron chi connectivity index (χ1n) is 5.61. The molecule has 7 heteroatoms. The quantitative estimate of drug-likeness (QED) is 0.465.